The first kappa shape index (κ1) is 19.8. The topological polar surface area (TPSA) is 65.3 Å². The maximum atomic E-state index is 10.8. The molecule has 0 spiro atoms. The first-order valence-electron chi connectivity index (χ1n) is 8.99. The molecule has 3 aromatic carbocycles. The normalized spacial score (nSPS) is 11.0. The Morgan fingerprint density at radius 1 is 0.967 bits per heavy atom. The predicted molar refractivity (Wildman–Crippen MR) is 121 cm³/mol. The molecule has 0 aliphatic heterocycles. The van der Waals surface area contributed by atoms with Gasteiger partial charge >= 0.3 is 0 Å². The molecule has 1 heterocycles. The smallest absolute Gasteiger partial charge is 0.269 e. The van der Waals surface area contributed by atoms with Gasteiger partial charge in [0.25, 0.3) is 5.69 Å². The van der Waals surface area contributed by atoms with E-state index in [-0.39, 0.29) is 5.69 Å². The number of thiazole rings is 1. The first-order valence-corrected chi connectivity index (χ1v) is 10.2. The van der Waals surface area contributed by atoms with Crippen molar-refractivity contribution < 1.29 is 9.66 Å². The summed E-state index contributed by atoms with van der Waals surface area (Å²) in [6, 6.07) is 21.3. The van der Waals surface area contributed by atoms with Crippen LogP contribution in [0.2, 0.25) is 5.02 Å². The third-order valence-electron chi connectivity index (χ3n) is 4.22. The minimum Gasteiger partial charge on any atom is -0.457 e. The van der Waals surface area contributed by atoms with Crippen LogP contribution in [0, 0.1) is 10.1 Å². The number of nitrogens with zero attached hydrogens (tertiary/aromatic N) is 2. The third kappa shape index (κ3) is 4.92. The van der Waals surface area contributed by atoms with E-state index in [0.717, 1.165) is 27.6 Å². The lowest BCUT2D eigenvalue weighted by atomic mass is 10.1. The number of hydrogen-bond acceptors (Lipinski definition) is 5. The maximum absolute atomic E-state index is 10.8. The van der Waals surface area contributed by atoms with Crippen LogP contribution < -0.4 is 4.74 Å². The van der Waals surface area contributed by atoms with Gasteiger partial charge in [0.15, 0.2) is 0 Å². The van der Waals surface area contributed by atoms with Crippen molar-refractivity contribution in [3.05, 3.63) is 104 Å². The average Bonchev–Trinajstić information content (AvgIpc) is 3.23. The zero-order valence-corrected chi connectivity index (χ0v) is 17.1. The van der Waals surface area contributed by atoms with Gasteiger partial charge in [-0.15, -0.1) is 11.3 Å². The Labute approximate surface area is 182 Å². The molecular weight excluding hydrogens is 420 g/mol. The van der Waals surface area contributed by atoms with Crippen molar-refractivity contribution in [2.24, 2.45) is 0 Å². The molecule has 4 rings (SSSR count). The fourth-order valence-corrected chi connectivity index (χ4v) is 3.58. The number of aromatic nitrogens is 1. The zero-order chi connectivity index (χ0) is 20.9. The average molecular weight is 435 g/mol. The van der Waals surface area contributed by atoms with Crippen LogP contribution >= 0.6 is 22.9 Å². The van der Waals surface area contributed by atoms with Gasteiger partial charge in [0.05, 0.1) is 10.6 Å². The van der Waals surface area contributed by atoms with Crippen molar-refractivity contribution in [3.63, 3.8) is 0 Å². The molecule has 1 aromatic heterocycles. The van der Waals surface area contributed by atoms with Gasteiger partial charge in [-0.3, -0.25) is 10.1 Å². The Hall–Kier alpha value is -3.48. The molecule has 0 unspecified atom stereocenters. The zero-order valence-electron chi connectivity index (χ0n) is 15.6. The molecule has 0 radical (unpaired) electrons. The second-order valence-electron chi connectivity index (χ2n) is 6.34. The maximum Gasteiger partial charge on any atom is 0.269 e. The number of rotatable bonds is 6. The summed E-state index contributed by atoms with van der Waals surface area (Å²) in [5.74, 6) is 1.44. The number of nitro benzene ring substituents is 1. The van der Waals surface area contributed by atoms with Gasteiger partial charge in [-0.05, 0) is 60.2 Å². The second kappa shape index (κ2) is 8.90. The lowest BCUT2D eigenvalue weighted by molar-refractivity contribution is -0.384. The van der Waals surface area contributed by atoms with Crippen molar-refractivity contribution >= 4 is 40.8 Å². The lowest BCUT2D eigenvalue weighted by Crippen LogP contribution is -1.87. The molecule has 7 heteroatoms. The molecule has 0 aliphatic rings. The second-order valence-corrected chi connectivity index (χ2v) is 7.66. The molecule has 0 aliphatic carbocycles. The summed E-state index contributed by atoms with van der Waals surface area (Å²) in [5, 5.41) is 14.2. The van der Waals surface area contributed by atoms with E-state index in [2.05, 4.69) is 4.98 Å². The van der Waals surface area contributed by atoms with Gasteiger partial charge in [0.1, 0.15) is 16.5 Å². The number of nitro groups is 1. The molecule has 0 saturated carbocycles. The molecule has 0 atom stereocenters. The Morgan fingerprint density at radius 3 is 2.47 bits per heavy atom. The summed E-state index contributed by atoms with van der Waals surface area (Å²) in [6.45, 7) is 0. The highest BCUT2D eigenvalue weighted by Crippen LogP contribution is 2.27. The molecule has 5 nitrogen and oxygen atoms in total. The number of benzene rings is 3. The molecule has 148 valence electrons. The van der Waals surface area contributed by atoms with Crippen LogP contribution in [0.1, 0.15) is 10.6 Å². The van der Waals surface area contributed by atoms with Gasteiger partial charge < -0.3 is 4.74 Å². The minimum absolute atomic E-state index is 0.0646. The summed E-state index contributed by atoms with van der Waals surface area (Å²) < 4.78 is 5.86. The van der Waals surface area contributed by atoms with Gasteiger partial charge in [0, 0.05) is 28.1 Å². The number of ether oxygens (including phenoxy) is 1. The highest BCUT2D eigenvalue weighted by Gasteiger charge is 2.07. The summed E-state index contributed by atoms with van der Waals surface area (Å²) in [5.41, 5.74) is 2.67. The van der Waals surface area contributed by atoms with E-state index in [1.54, 1.807) is 24.3 Å². The van der Waals surface area contributed by atoms with E-state index in [9.17, 15) is 10.1 Å². The fraction of sp³-hybridized carbons (Fsp3) is 0. The molecule has 30 heavy (non-hydrogen) atoms. The minimum atomic E-state index is -0.413. The predicted octanol–water partition coefficient (Wildman–Crippen LogP) is 7.33. The first-order chi connectivity index (χ1) is 14.6. The van der Waals surface area contributed by atoms with Crippen molar-refractivity contribution in [1.82, 2.24) is 4.98 Å². The lowest BCUT2D eigenvalue weighted by Gasteiger charge is -2.06. The standard InChI is InChI=1S/C23H15ClN2O3S/c24-18-7-11-20(12-8-18)29-21-3-1-2-16(14-21)4-13-23-25-22(15-30-23)17-5-9-19(10-6-17)26(27)28/h1-15H. The van der Waals surface area contributed by atoms with E-state index in [1.165, 1.54) is 23.5 Å². The molecule has 0 saturated heterocycles. The fourth-order valence-electron chi connectivity index (χ4n) is 2.74. The van der Waals surface area contributed by atoms with Crippen LogP contribution in [0.25, 0.3) is 23.4 Å². The summed E-state index contributed by atoms with van der Waals surface area (Å²) in [4.78, 5) is 15.0. The molecule has 0 amide bonds. The number of halogens is 1. The molecule has 0 bridgehead atoms. The number of non-ortho nitro benzene ring substituents is 1. The van der Waals surface area contributed by atoms with Crippen molar-refractivity contribution in [2.45, 2.75) is 0 Å². The summed E-state index contributed by atoms with van der Waals surface area (Å²) >= 11 is 7.41. The van der Waals surface area contributed by atoms with E-state index in [4.69, 9.17) is 16.3 Å². The van der Waals surface area contributed by atoms with E-state index in [1.807, 2.05) is 53.9 Å². The van der Waals surface area contributed by atoms with Crippen LogP contribution in [0.5, 0.6) is 11.5 Å². The monoisotopic (exact) mass is 434 g/mol. The SMILES string of the molecule is O=[N+]([O-])c1ccc(-c2csc(C=Cc3cccc(Oc4ccc(Cl)cc4)c3)n2)cc1. The molecule has 0 N–H and O–H groups in total. The van der Waals surface area contributed by atoms with Gasteiger partial charge in [0.2, 0.25) is 0 Å². The quantitative estimate of drug-likeness (QED) is 0.235. The van der Waals surface area contributed by atoms with Crippen molar-refractivity contribution in [2.75, 3.05) is 0 Å². The van der Waals surface area contributed by atoms with Crippen molar-refractivity contribution in [1.29, 1.82) is 0 Å². The molecular formula is C23H15ClN2O3S. The van der Waals surface area contributed by atoms with Crippen LogP contribution in [0.15, 0.2) is 78.2 Å². The van der Waals surface area contributed by atoms with E-state index < -0.39 is 4.92 Å². The molecule has 4 aromatic rings. The number of hydrogen-bond donors (Lipinski definition) is 0. The summed E-state index contributed by atoms with van der Waals surface area (Å²) in [7, 11) is 0. The van der Waals surface area contributed by atoms with Crippen LogP contribution in [-0.4, -0.2) is 9.91 Å². The Morgan fingerprint density at radius 2 is 1.73 bits per heavy atom. The highest BCUT2D eigenvalue weighted by atomic mass is 35.5. The van der Waals surface area contributed by atoms with E-state index in [0.29, 0.717) is 10.8 Å². The van der Waals surface area contributed by atoms with Gasteiger partial charge in [-0.2, -0.15) is 0 Å². The van der Waals surface area contributed by atoms with Gasteiger partial charge in [-0.25, -0.2) is 4.98 Å². The third-order valence-corrected chi connectivity index (χ3v) is 5.28. The Balaban J connectivity index is 1.46. The van der Waals surface area contributed by atoms with Gasteiger partial charge in [-0.1, -0.05) is 29.8 Å². The largest absolute Gasteiger partial charge is 0.457 e. The molecule has 0 fully saturated rings. The summed E-state index contributed by atoms with van der Waals surface area (Å²) in [6.07, 6.45) is 3.90. The Bertz CT molecular complexity index is 1200. The Kier molecular flexibility index (Phi) is 5.88. The van der Waals surface area contributed by atoms with Crippen molar-refractivity contribution in [3.8, 4) is 22.8 Å². The van der Waals surface area contributed by atoms with Crippen LogP contribution in [0.3, 0.4) is 0 Å². The van der Waals surface area contributed by atoms with Crippen LogP contribution in [-0.2, 0) is 0 Å². The van der Waals surface area contributed by atoms with E-state index >= 15 is 0 Å². The van der Waals surface area contributed by atoms with Crippen LogP contribution in [0.4, 0.5) is 5.69 Å². The highest BCUT2D eigenvalue weighted by molar-refractivity contribution is 7.10.